The van der Waals surface area contributed by atoms with Crippen LogP contribution >= 0.6 is 0 Å². The highest BCUT2D eigenvalue weighted by Gasteiger charge is 2.20. The van der Waals surface area contributed by atoms with Crippen molar-refractivity contribution in [1.29, 1.82) is 0 Å². The fourth-order valence-electron chi connectivity index (χ4n) is 6.60. The maximum Gasteiger partial charge on any atom is 0.147 e. The van der Waals surface area contributed by atoms with Gasteiger partial charge >= 0.3 is 0 Å². The average Bonchev–Trinajstić information content (AvgIpc) is 3.68. The second-order valence-electron chi connectivity index (χ2n) is 11.4. The number of furan rings is 1. The van der Waals surface area contributed by atoms with Crippen molar-refractivity contribution < 1.29 is 4.42 Å². The molecule has 0 fully saturated rings. The van der Waals surface area contributed by atoms with Gasteiger partial charge in [0.2, 0.25) is 0 Å². The minimum absolute atomic E-state index is 0.244. The quantitative estimate of drug-likeness (QED) is 0.213. The molecule has 3 heterocycles. The van der Waals surface area contributed by atoms with Crippen LogP contribution in [0.25, 0.3) is 71.9 Å². The first-order chi connectivity index (χ1) is 21.8. The van der Waals surface area contributed by atoms with E-state index in [1.165, 1.54) is 0 Å². The molecule has 0 aliphatic heterocycles. The van der Waals surface area contributed by atoms with Gasteiger partial charge in [-0.2, -0.15) is 0 Å². The molecule has 5 aromatic carbocycles. The van der Waals surface area contributed by atoms with E-state index in [2.05, 4.69) is 126 Å². The summed E-state index contributed by atoms with van der Waals surface area (Å²) in [6.45, 7) is 0. The van der Waals surface area contributed by atoms with Crippen molar-refractivity contribution in [2.24, 2.45) is 0 Å². The van der Waals surface area contributed by atoms with E-state index in [1.807, 2.05) is 24.3 Å². The lowest BCUT2D eigenvalue weighted by Crippen LogP contribution is -2.07. The first kappa shape index (κ1) is 24.8. The lowest BCUT2D eigenvalue weighted by molar-refractivity contribution is 0.672. The summed E-state index contributed by atoms with van der Waals surface area (Å²) in [5.74, 6) is 1.31. The van der Waals surface area contributed by atoms with Crippen LogP contribution < -0.4 is 0 Å². The monoisotopic (exact) mass is 565 g/mol. The standard InChI is InChI=1S/C40H27N3O/c1-2-11-27(12-3-1)40-42-34-18-7-8-19-35(34)43(40)30-23-21-26(22-24-30)28-13-10-14-29(25-28)38-37-32-16-5-9-20-36(32)44-39(37)31-15-4-6-17-33(31)41-38/h1-11,13-25,27H,12H2. The Hall–Kier alpha value is -5.74. The van der Waals surface area contributed by atoms with Crippen molar-refractivity contribution >= 4 is 43.9 Å². The fourth-order valence-corrected chi connectivity index (χ4v) is 6.60. The smallest absolute Gasteiger partial charge is 0.147 e. The first-order valence-electron chi connectivity index (χ1n) is 15.0. The molecule has 0 amide bonds. The van der Waals surface area contributed by atoms with Gasteiger partial charge in [0.25, 0.3) is 0 Å². The molecule has 4 heteroatoms. The van der Waals surface area contributed by atoms with Gasteiger partial charge in [-0.1, -0.05) is 97.1 Å². The van der Waals surface area contributed by atoms with E-state index in [1.54, 1.807) is 0 Å². The number of hydrogen-bond donors (Lipinski definition) is 0. The number of para-hydroxylation sites is 4. The van der Waals surface area contributed by atoms with Crippen molar-refractivity contribution in [3.05, 3.63) is 151 Å². The number of rotatable bonds is 4. The maximum atomic E-state index is 6.42. The normalized spacial score (nSPS) is 14.8. The van der Waals surface area contributed by atoms with Crippen LogP contribution in [0.2, 0.25) is 0 Å². The second-order valence-corrected chi connectivity index (χ2v) is 11.4. The topological polar surface area (TPSA) is 43.9 Å². The molecule has 0 spiro atoms. The minimum Gasteiger partial charge on any atom is -0.455 e. The van der Waals surface area contributed by atoms with E-state index < -0.39 is 0 Å². The van der Waals surface area contributed by atoms with E-state index in [4.69, 9.17) is 14.4 Å². The Balaban J connectivity index is 1.16. The van der Waals surface area contributed by atoms with Crippen molar-refractivity contribution in [3.8, 4) is 28.1 Å². The van der Waals surface area contributed by atoms with Crippen LogP contribution in [-0.2, 0) is 0 Å². The highest BCUT2D eigenvalue weighted by atomic mass is 16.3. The summed E-state index contributed by atoms with van der Waals surface area (Å²) >= 11 is 0. The fraction of sp³-hybridized carbons (Fsp3) is 0.0500. The molecule has 9 rings (SSSR count). The van der Waals surface area contributed by atoms with Gasteiger partial charge in [0.05, 0.1) is 27.6 Å². The number of fused-ring (bicyclic) bond motifs is 6. The molecule has 1 aliphatic rings. The van der Waals surface area contributed by atoms with Gasteiger partial charge in [0, 0.05) is 27.9 Å². The van der Waals surface area contributed by atoms with Gasteiger partial charge < -0.3 is 4.42 Å². The Kier molecular flexibility index (Phi) is 5.60. The van der Waals surface area contributed by atoms with Crippen LogP contribution in [0.15, 0.2) is 150 Å². The van der Waals surface area contributed by atoms with Crippen molar-refractivity contribution in [2.75, 3.05) is 0 Å². The number of pyridine rings is 1. The number of aromatic nitrogens is 3. The van der Waals surface area contributed by atoms with Crippen molar-refractivity contribution in [2.45, 2.75) is 12.3 Å². The third kappa shape index (κ3) is 3.92. The number of benzene rings is 5. The largest absolute Gasteiger partial charge is 0.455 e. The third-order valence-electron chi connectivity index (χ3n) is 8.71. The zero-order valence-corrected chi connectivity index (χ0v) is 23.9. The van der Waals surface area contributed by atoms with Gasteiger partial charge in [-0.05, 0) is 66.1 Å². The molecule has 3 aromatic heterocycles. The Morgan fingerprint density at radius 1 is 0.636 bits per heavy atom. The van der Waals surface area contributed by atoms with Crippen molar-refractivity contribution in [1.82, 2.24) is 14.5 Å². The van der Waals surface area contributed by atoms with Crippen LogP contribution in [0, 0.1) is 0 Å². The summed E-state index contributed by atoms with van der Waals surface area (Å²) in [6, 6.07) is 42.3. The zero-order chi connectivity index (χ0) is 29.0. The van der Waals surface area contributed by atoms with Gasteiger partial charge in [-0.25, -0.2) is 9.97 Å². The van der Waals surface area contributed by atoms with Crippen LogP contribution in [0.3, 0.4) is 0 Å². The summed E-state index contributed by atoms with van der Waals surface area (Å²) in [5.41, 5.74) is 10.2. The van der Waals surface area contributed by atoms with E-state index in [9.17, 15) is 0 Å². The molecule has 0 N–H and O–H groups in total. The van der Waals surface area contributed by atoms with Crippen LogP contribution in [0.1, 0.15) is 18.2 Å². The molecule has 208 valence electrons. The lowest BCUT2D eigenvalue weighted by Gasteiger charge is -2.16. The van der Waals surface area contributed by atoms with E-state index in [0.29, 0.717) is 0 Å². The van der Waals surface area contributed by atoms with Crippen LogP contribution in [-0.4, -0.2) is 14.5 Å². The van der Waals surface area contributed by atoms with E-state index in [0.717, 1.165) is 84.2 Å². The zero-order valence-electron chi connectivity index (χ0n) is 23.9. The summed E-state index contributed by atoms with van der Waals surface area (Å²) in [5, 5.41) is 3.16. The Labute approximate surface area is 254 Å². The molecular weight excluding hydrogens is 538 g/mol. The average molecular weight is 566 g/mol. The van der Waals surface area contributed by atoms with E-state index in [-0.39, 0.29) is 5.92 Å². The summed E-state index contributed by atoms with van der Waals surface area (Å²) in [7, 11) is 0. The van der Waals surface area contributed by atoms with Gasteiger partial charge in [-0.15, -0.1) is 0 Å². The minimum atomic E-state index is 0.244. The molecule has 0 bridgehead atoms. The predicted octanol–water partition coefficient (Wildman–Crippen LogP) is 10.4. The molecular formula is C40H27N3O. The van der Waals surface area contributed by atoms with E-state index >= 15 is 0 Å². The Bertz CT molecular complexity index is 2420. The highest BCUT2D eigenvalue weighted by Crippen LogP contribution is 2.40. The number of allylic oxidation sites excluding steroid dienone is 4. The third-order valence-corrected chi connectivity index (χ3v) is 8.71. The summed E-state index contributed by atoms with van der Waals surface area (Å²) in [6.07, 6.45) is 9.65. The number of imidazole rings is 1. The Morgan fingerprint density at radius 2 is 1.41 bits per heavy atom. The van der Waals surface area contributed by atoms with Crippen LogP contribution in [0.5, 0.6) is 0 Å². The highest BCUT2D eigenvalue weighted by molar-refractivity contribution is 6.19. The molecule has 4 nitrogen and oxygen atoms in total. The molecule has 0 saturated heterocycles. The molecule has 8 aromatic rings. The number of hydrogen-bond acceptors (Lipinski definition) is 3. The molecule has 0 radical (unpaired) electrons. The number of nitrogens with zero attached hydrogens (tertiary/aromatic N) is 3. The maximum absolute atomic E-state index is 6.42. The second kappa shape index (κ2) is 9.92. The summed E-state index contributed by atoms with van der Waals surface area (Å²) < 4.78 is 8.73. The molecule has 0 saturated carbocycles. The van der Waals surface area contributed by atoms with Crippen molar-refractivity contribution in [3.63, 3.8) is 0 Å². The lowest BCUT2D eigenvalue weighted by atomic mass is 9.98. The predicted molar refractivity (Wildman–Crippen MR) is 180 cm³/mol. The molecule has 1 unspecified atom stereocenters. The molecule has 1 atom stereocenters. The molecule has 44 heavy (non-hydrogen) atoms. The van der Waals surface area contributed by atoms with Gasteiger partial charge in [0.15, 0.2) is 0 Å². The van der Waals surface area contributed by atoms with Crippen LogP contribution in [0.4, 0.5) is 0 Å². The molecule has 1 aliphatic carbocycles. The first-order valence-corrected chi connectivity index (χ1v) is 15.0. The SMILES string of the molecule is C1=CCC(c2nc3ccccc3n2-c2ccc(-c3cccc(-c4nc5ccccc5c5oc6ccccc6c45)c3)cc2)C=C1. The Morgan fingerprint density at radius 3 is 2.27 bits per heavy atom. The van der Waals surface area contributed by atoms with Gasteiger partial charge in [-0.3, -0.25) is 4.57 Å². The van der Waals surface area contributed by atoms with Gasteiger partial charge in [0.1, 0.15) is 17.0 Å². The summed E-state index contributed by atoms with van der Waals surface area (Å²) in [4.78, 5) is 10.2.